The quantitative estimate of drug-likeness (QED) is 0.556. The van der Waals surface area contributed by atoms with Crippen LogP contribution in [0.3, 0.4) is 0 Å². The number of anilines is 1. The molecule has 56 valence electrons. The molecule has 0 spiro atoms. The molecular formula is C5H5N5S. The van der Waals surface area contributed by atoms with Crippen LogP contribution in [-0.4, -0.2) is 19.6 Å². The van der Waals surface area contributed by atoms with Crippen LogP contribution in [0.25, 0.3) is 5.65 Å². The Labute approximate surface area is 66.9 Å². The minimum atomic E-state index is 0.362. The molecule has 2 heterocycles. The number of aromatic nitrogens is 4. The van der Waals surface area contributed by atoms with Gasteiger partial charge in [0.2, 0.25) is 4.77 Å². The number of hydrogen-bond donors (Lipinski definition) is 2. The number of aromatic amines is 1. The van der Waals surface area contributed by atoms with Gasteiger partial charge in [0.05, 0.1) is 0 Å². The maximum atomic E-state index is 5.44. The second kappa shape index (κ2) is 2.03. The molecule has 0 radical (unpaired) electrons. The first kappa shape index (κ1) is 6.29. The number of H-pyrrole nitrogens is 1. The fourth-order valence-corrected chi connectivity index (χ4v) is 1.11. The van der Waals surface area contributed by atoms with Gasteiger partial charge in [0, 0.05) is 6.07 Å². The Kier molecular flexibility index (Phi) is 1.16. The largest absolute Gasteiger partial charge is 0.383 e. The summed E-state index contributed by atoms with van der Waals surface area (Å²) >= 11 is 4.88. The Balaban J connectivity index is 3.02. The van der Waals surface area contributed by atoms with Gasteiger partial charge in [0.15, 0.2) is 0 Å². The average molecular weight is 167 g/mol. The van der Waals surface area contributed by atoms with E-state index in [1.807, 2.05) is 0 Å². The van der Waals surface area contributed by atoms with Gasteiger partial charge in [-0.05, 0) is 12.2 Å². The van der Waals surface area contributed by atoms with E-state index in [1.54, 1.807) is 6.07 Å². The number of rotatable bonds is 0. The van der Waals surface area contributed by atoms with Gasteiger partial charge in [-0.25, -0.2) is 4.98 Å². The van der Waals surface area contributed by atoms with Crippen molar-refractivity contribution in [3.63, 3.8) is 0 Å². The van der Waals surface area contributed by atoms with Crippen LogP contribution in [0.5, 0.6) is 0 Å². The number of nitrogens with zero attached hydrogens (tertiary/aromatic N) is 3. The lowest BCUT2D eigenvalue weighted by Crippen LogP contribution is -1.97. The van der Waals surface area contributed by atoms with Crippen LogP contribution < -0.4 is 5.73 Å². The Morgan fingerprint density at radius 3 is 3.27 bits per heavy atom. The van der Waals surface area contributed by atoms with E-state index in [-0.39, 0.29) is 0 Å². The molecule has 0 aliphatic carbocycles. The molecule has 3 N–H and O–H groups in total. The lowest BCUT2D eigenvalue weighted by molar-refractivity contribution is 0.905. The van der Waals surface area contributed by atoms with Crippen molar-refractivity contribution >= 4 is 23.7 Å². The molecule has 0 unspecified atom stereocenters. The maximum absolute atomic E-state index is 5.44. The number of fused-ring (bicyclic) bond motifs is 1. The van der Waals surface area contributed by atoms with E-state index in [1.165, 1.54) is 10.8 Å². The lowest BCUT2D eigenvalue weighted by atomic mass is 10.6. The highest BCUT2D eigenvalue weighted by Gasteiger charge is 1.96. The van der Waals surface area contributed by atoms with Crippen molar-refractivity contribution < 1.29 is 0 Å². The van der Waals surface area contributed by atoms with Crippen LogP contribution in [0.1, 0.15) is 0 Å². The topological polar surface area (TPSA) is 72.0 Å². The summed E-state index contributed by atoms with van der Waals surface area (Å²) in [4.78, 5) is 6.71. The van der Waals surface area contributed by atoms with Crippen LogP contribution in [0.15, 0.2) is 12.4 Å². The normalized spacial score (nSPS) is 10.5. The van der Waals surface area contributed by atoms with Crippen molar-refractivity contribution in [2.45, 2.75) is 0 Å². The predicted octanol–water partition coefficient (Wildman–Crippen LogP) is 0.369. The summed E-state index contributed by atoms with van der Waals surface area (Å²) in [5.74, 6) is 0.402. The summed E-state index contributed by atoms with van der Waals surface area (Å²) in [6.07, 6.45) is 1.53. The fourth-order valence-electron chi connectivity index (χ4n) is 0.861. The van der Waals surface area contributed by atoms with E-state index in [0.29, 0.717) is 10.6 Å². The molecule has 0 aliphatic heterocycles. The Morgan fingerprint density at radius 1 is 1.64 bits per heavy atom. The summed E-state index contributed by atoms with van der Waals surface area (Å²) in [5, 5.41) is 3.90. The summed E-state index contributed by atoms with van der Waals surface area (Å²) in [6, 6.07) is 1.67. The van der Waals surface area contributed by atoms with E-state index < -0.39 is 0 Å². The van der Waals surface area contributed by atoms with Crippen LogP contribution in [0.2, 0.25) is 0 Å². The van der Waals surface area contributed by atoms with Crippen molar-refractivity contribution in [1.82, 2.24) is 19.6 Å². The SMILES string of the molecule is Nc1cc2[nH]cnn2c(=S)n1. The van der Waals surface area contributed by atoms with Gasteiger partial charge in [0.25, 0.3) is 0 Å². The van der Waals surface area contributed by atoms with Crippen LogP contribution >= 0.6 is 12.2 Å². The van der Waals surface area contributed by atoms with Crippen molar-refractivity contribution in [2.24, 2.45) is 0 Å². The first-order valence-electron chi connectivity index (χ1n) is 2.96. The molecule has 0 saturated carbocycles. The van der Waals surface area contributed by atoms with Gasteiger partial charge in [-0.1, -0.05) is 0 Å². The highest BCUT2D eigenvalue weighted by Crippen LogP contribution is 2.01. The average Bonchev–Trinajstić information content (AvgIpc) is 2.34. The van der Waals surface area contributed by atoms with Gasteiger partial charge >= 0.3 is 0 Å². The zero-order valence-corrected chi connectivity index (χ0v) is 6.30. The molecule has 0 atom stereocenters. The van der Waals surface area contributed by atoms with E-state index in [2.05, 4.69) is 15.1 Å². The first-order valence-corrected chi connectivity index (χ1v) is 3.37. The zero-order chi connectivity index (χ0) is 7.84. The number of nitrogens with one attached hydrogen (secondary N) is 1. The minimum absolute atomic E-state index is 0.362. The fraction of sp³-hybridized carbons (Fsp3) is 0. The molecule has 2 rings (SSSR count). The third kappa shape index (κ3) is 0.874. The number of nitrogen functional groups attached to an aromatic ring is 1. The summed E-state index contributed by atoms with van der Waals surface area (Å²) in [5.41, 5.74) is 6.20. The summed E-state index contributed by atoms with van der Waals surface area (Å²) in [6.45, 7) is 0. The minimum Gasteiger partial charge on any atom is -0.383 e. The summed E-state index contributed by atoms with van der Waals surface area (Å²) < 4.78 is 1.87. The predicted molar refractivity (Wildman–Crippen MR) is 42.6 cm³/mol. The second-order valence-corrected chi connectivity index (χ2v) is 2.41. The molecule has 0 saturated heterocycles. The highest BCUT2D eigenvalue weighted by molar-refractivity contribution is 7.71. The standard InChI is InChI=1S/C5H5N5S/c6-3-1-4-7-2-8-10(4)5(11)9-3/h1-2H,(H,7,8)(H2,6,9,11). The lowest BCUT2D eigenvalue weighted by Gasteiger charge is -1.92. The van der Waals surface area contributed by atoms with E-state index in [4.69, 9.17) is 18.0 Å². The third-order valence-electron chi connectivity index (χ3n) is 1.30. The Hall–Kier alpha value is -1.43. The molecule has 0 aromatic carbocycles. The van der Waals surface area contributed by atoms with Gasteiger partial charge in [-0.3, -0.25) is 0 Å². The molecule has 11 heavy (non-hydrogen) atoms. The molecule has 5 nitrogen and oxygen atoms in total. The molecular weight excluding hydrogens is 162 g/mol. The molecule has 2 aromatic rings. The first-order chi connectivity index (χ1) is 5.27. The molecule has 0 amide bonds. The summed E-state index contributed by atoms with van der Waals surface area (Å²) in [7, 11) is 0. The molecule has 2 aromatic heterocycles. The van der Waals surface area contributed by atoms with E-state index >= 15 is 0 Å². The zero-order valence-electron chi connectivity index (χ0n) is 5.48. The van der Waals surface area contributed by atoms with Gasteiger partial charge < -0.3 is 10.7 Å². The van der Waals surface area contributed by atoms with Crippen molar-refractivity contribution in [2.75, 3.05) is 5.73 Å². The second-order valence-electron chi connectivity index (χ2n) is 2.05. The Bertz CT molecular complexity index is 441. The maximum Gasteiger partial charge on any atom is 0.224 e. The van der Waals surface area contributed by atoms with Crippen LogP contribution in [-0.2, 0) is 0 Å². The Morgan fingerprint density at radius 2 is 2.45 bits per heavy atom. The molecule has 6 heteroatoms. The monoisotopic (exact) mass is 167 g/mol. The van der Waals surface area contributed by atoms with Crippen molar-refractivity contribution in [3.05, 3.63) is 17.2 Å². The molecule has 0 bridgehead atoms. The molecule has 0 fully saturated rings. The van der Waals surface area contributed by atoms with Gasteiger partial charge in [0.1, 0.15) is 17.8 Å². The number of hydrogen-bond acceptors (Lipinski definition) is 4. The van der Waals surface area contributed by atoms with Crippen molar-refractivity contribution in [3.8, 4) is 0 Å². The van der Waals surface area contributed by atoms with Crippen LogP contribution in [0.4, 0.5) is 5.82 Å². The highest BCUT2D eigenvalue weighted by atomic mass is 32.1. The van der Waals surface area contributed by atoms with Gasteiger partial charge in [-0.15, -0.1) is 0 Å². The smallest absolute Gasteiger partial charge is 0.224 e. The molecule has 0 aliphatic rings. The van der Waals surface area contributed by atoms with Crippen LogP contribution in [0, 0.1) is 4.77 Å². The van der Waals surface area contributed by atoms with Crippen molar-refractivity contribution in [1.29, 1.82) is 0 Å². The van der Waals surface area contributed by atoms with Gasteiger partial charge in [-0.2, -0.15) is 9.61 Å². The number of nitrogens with two attached hydrogens (primary N) is 1. The third-order valence-corrected chi connectivity index (χ3v) is 1.57. The van der Waals surface area contributed by atoms with E-state index in [0.717, 1.165) is 5.65 Å². The van der Waals surface area contributed by atoms with E-state index in [9.17, 15) is 0 Å².